The number of H-pyrrole nitrogens is 1. The lowest BCUT2D eigenvalue weighted by Gasteiger charge is -2.26. The summed E-state index contributed by atoms with van der Waals surface area (Å²) in [6, 6.07) is 7.62. The molecule has 6 heteroatoms. The Hall–Kier alpha value is -1.85. The third-order valence-electron chi connectivity index (χ3n) is 4.38. The van der Waals surface area contributed by atoms with Gasteiger partial charge in [-0.2, -0.15) is 0 Å². The number of likely N-dealkylation sites (tertiary alicyclic amines) is 1. The normalized spacial score (nSPS) is 18.8. The number of imidazole rings is 1. The molecule has 1 saturated heterocycles. The van der Waals surface area contributed by atoms with Gasteiger partial charge in [-0.25, -0.2) is 4.98 Å². The van der Waals surface area contributed by atoms with Crippen molar-refractivity contribution in [2.24, 2.45) is 0 Å². The van der Waals surface area contributed by atoms with Gasteiger partial charge in [0.25, 0.3) is 5.91 Å². The van der Waals surface area contributed by atoms with E-state index in [9.17, 15) is 4.79 Å². The van der Waals surface area contributed by atoms with Crippen LogP contribution < -0.4 is 0 Å². The molecule has 3 rings (SSSR count). The van der Waals surface area contributed by atoms with Gasteiger partial charge in [0.15, 0.2) is 0 Å². The number of aromatic amines is 1. The maximum absolute atomic E-state index is 12.6. The van der Waals surface area contributed by atoms with Crippen molar-refractivity contribution in [2.45, 2.75) is 38.8 Å². The zero-order valence-electron chi connectivity index (χ0n) is 14.0. The van der Waals surface area contributed by atoms with Crippen molar-refractivity contribution in [3.05, 3.63) is 41.3 Å². The Bertz CT molecular complexity index is 716. The summed E-state index contributed by atoms with van der Waals surface area (Å²) in [5.41, 5.74) is 1.78. The van der Waals surface area contributed by atoms with E-state index in [0.29, 0.717) is 11.6 Å². The van der Waals surface area contributed by atoms with E-state index >= 15 is 0 Å². The number of nitrogens with one attached hydrogen (secondary N) is 1. The van der Waals surface area contributed by atoms with Gasteiger partial charge in [-0.15, -0.1) is 0 Å². The fourth-order valence-corrected chi connectivity index (χ4v) is 3.43. The van der Waals surface area contributed by atoms with E-state index in [1.165, 1.54) is 0 Å². The molecule has 24 heavy (non-hydrogen) atoms. The van der Waals surface area contributed by atoms with E-state index in [4.69, 9.17) is 16.3 Å². The lowest BCUT2D eigenvalue weighted by atomic mass is 10.1. The molecule has 1 aromatic heterocycles. The molecule has 5 nitrogen and oxygen atoms in total. The maximum atomic E-state index is 12.6. The third-order valence-corrected chi connectivity index (χ3v) is 4.71. The summed E-state index contributed by atoms with van der Waals surface area (Å²) in [5.74, 6) is 0.828. The second-order valence-electron chi connectivity index (χ2n) is 5.95. The van der Waals surface area contributed by atoms with Crippen LogP contribution in [0.25, 0.3) is 11.3 Å². The maximum Gasteiger partial charge on any atom is 0.252 e. The second kappa shape index (κ2) is 7.36. The average Bonchev–Trinajstić information content (AvgIpc) is 3.23. The van der Waals surface area contributed by atoms with E-state index in [2.05, 4.69) is 9.97 Å². The number of halogens is 1. The quantitative estimate of drug-likeness (QED) is 0.894. The topological polar surface area (TPSA) is 58.2 Å². The molecule has 2 atom stereocenters. The molecule has 1 aliphatic rings. The summed E-state index contributed by atoms with van der Waals surface area (Å²) < 4.78 is 5.45. The summed E-state index contributed by atoms with van der Waals surface area (Å²) in [7, 11) is 0. The number of hydrogen-bond acceptors (Lipinski definition) is 3. The van der Waals surface area contributed by atoms with Crippen LogP contribution in [0.2, 0.25) is 5.02 Å². The number of amides is 1. The number of carbonyl (C=O) groups is 1. The van der Waals surface area contributed by atoms with Gasteiger partial charge in [0.05, 0.1) is 17.9 Å². The zero-order valence-corrected chi connectivity index (χ0v) is 14.7. The molecule has 0 aliphatic carbocycles. The van der Waals surface area contributed by atoms with Crippen molar-refractivity contribution in [3.8, 4) is 11.3 Å². The van der Waals surface area contributed by atoms with Gasteiger partial charge in [0.1, 0.15) is 11.9 Å². The van der Waals surface area contributed by atoms with E-state index in [0.717, 1.165) is 36.5 Å². The Morgan fingerprint density at radius 3 is 3.04 bits per heavy atom. The highest BCUT2D eigenvalue weighted by molar-refractivity contribution is 6.33. The first kappa shape index (κ1) is 17.0. The van der Waals surface area contributed by atoms with Crippen LogP contribution in [0, 0.1) is 0 Å². The van der Waals surface area contributed by atoms with Gasteiger partial charge in [-0.3, -0.25) is 4.79 Å². The minimum atomic E-state index is -0.423. The summed E-state index contributed by atoms with van der Waals surface area (Å²) in [6.07, 6.45) is 3.23. The van der Waals surface area contributed by atoms with E-state index in [1.807, 2.05) is 36.1 Å². The van der Waals surface area contributed by atoms with Gasteiger partial charge in [-0.05, 0) is 32.8 Å². The van der Waals surface area contributed by atoms with Crippen LogP contribution in [-0.2, 0) is 9.53 Å². The minimum absolute atomic E-state index is 0.0232. The molecule has 0 spiro atoms. The molecule has 2 heterocycles. The number of rotatable bonds is 5. The molecule has 0 unspecified atom stereocenters. The number of benzene rings is 1. The van der Waals surface area contributed by atoms with Crippen molar-refractivity contribution in [2.75, 3.05) is 13.2 Å². The largest absolute Gasteiger partial charge is 0.369 e. The molecule has 1 aromatic carbocycles. The first-order valence-electron chi connectivity index (χ1n) is 8.33. The van der Waals surface area contributed by atoms with Crippen LogP contribution in [0.1, 0.15) is 38.6 Å². The Balaban J connectivity index is 1.81. The van der Waals surface area contributed by atoms with Crippen LogP contribution in [0.15, 0.2) is 30.5 Å². The molecule has 0 radical (unpaired) electrons. The number of hydrogen-bond donors (Lipinski definition) is 1. The highest BCUT2D eigenvalue weighted by Gasteiger charge is 2.34. The molecule has 1 amide bonds. The number of carbonyl (C=O) groups excluding carboxylic acids is 1. The molecule has 1 fully saturated rings. The van der Waals surface area contributed by atoms with Crippen molar-refractivity contribution in [3.63, 3.8) is 0 Å². The van der Waals surface area contributed by atoms with Gasteiger partial charge >= 0.3 is 0 Å². The van der Waals surface area contributed by atoms with Crippen LogP contribution in [0.3, 0.4) is 0 Å². The van der Waals surface area contributed by atoms with E-state index < -0.39 is 6.10 Å². The van der Waals surface area contributed by atoms with Crippen molar-refractivity contribution < 1.29 is 9.53 Å². The summed E-state index contributed by atoms with van der Waals surface area (Å²) >= 11 is 6.25. The van der Waals surface area contributed by atoms with Crippen molar-refractivity contribution >= 4 is 17.5 Å². The molecule has 1 N–H and O–H groups in total. The fourth-order valence-electron chi connectivity index (χ4n) is 3.19. The first-order valence-corrected chi connectivity index (χ1v) is 8.71. The van der Waals surface area contributed by atoms with Crippen LogP contribution in [-0.4, -0.2) is 40.0 Å². The zero-order chi connectivity index (χ0) is 17.1. The van der Waals surface area contributed by atoms with Gasteiger partial charge in [-0.1, -0.05) is 29.8 Å². The average molecular weight is 348 g/mol. The lowest BCUT2D eigenvalue weighted by molar-refractivity contribution is -0.143. The van der Waals surface area contributed by atoms with E-state index in [1.54, 1.807) is 13.1 Å². The van der Waals surface area contributed by atoms with Crippen LogP contribution in [0.4, 0.5) is 0 Å². The number of aromatic nitrogens is 2. The van der Waals surface area contributed by atoms with Crippen molar-refractivity contribution in [1.29, 1.82) is 0 Å². The molecule has 1 aliphatic heterocycles. The highest BCUT2D eigenvalue weighted by atomic mass is 35.5. The third kappa shape index (κ3) is 3.32. The summed E-state index contributed by atoms with van der Waals surface area (Å²) in [6.45, 7) is 4.97. The molecular weight excluding hydrogens is 326 g/mol. The SMILES string of the molecule is CCO[C@@H](C)C(=O)N1CCC[C@H]1c1ncc(-c2ccccc2Cl)[nH]1. The smallest absolute Gasteiger partial charge is 0.252 e. The Labute approximate surface area is 147 Å². The Morgan fingerprint density at radius 2 is 2.29 bits per heavy atom. The fraction of sp³-hybridized carbons (Fsp3) is 0.444. The van der Waals surface area contributed by atoms with Crippen LogP contribution in [0.5, 0.6) is 0 Å². The summed E-state index contributed by atoms with van der Waals surface area (Å²) in [5, 5.41) is 0.678. The minimum Gasteiger partial charge on any atom is -0.369 e. The molecule has 2 aromatic rings. The first-order chi connectivity index (χ1) is 11.6. The molecule has 128 valence electrons. The van der Waals surface area contributed by atoms with Gasteiger partial charge in [0.2, 0.25) is 0 Å². The van der Waals surface area contributed by atoms with Crippen molar-refractivity contribution in [1.82, 2.24) is 14.9 Å². The second-order valence-corrected chi connectivity index (χ2v) is 6.36. The lowest BCUT2D eigenvalue weighted by Crippen LogP contribution is -2.39. The number of nitrogens with zero attached hydrogens (tertiary/aromatic N) is 2. The predicted molar refractivity (Wildman–Crippen MR) is 93.8 cm³/mol. The number of ether oxygens (including phenoxy) is 1. The molecule has 0 saturated carbocycles. The van der Waals surface area contributed by atoms with E-state index in [-0.39, 0.29) is 11.9 Å². The molecular formula is C18H22ClN3O2. The highest BCUT2D eigenvalue weighted by Crippen LogP contribution is 2.33. The molecule has 0 bridgehead atoms. The summed E-state index contributed by atoms with van der Waals surface area (Å²) in [4.78, 5) is 22.3. The van der Waals surface area contributed by atoms with Crippen LogP contribution >= 0.6 is 11.6 Å². The predicted octanol–water partition coefficient (Wildman–Crippen LogP) is 3.82. The Morgan fingerprint density at radius 1 is 1.50 bits per heavy atom. The Kier molecular flexibility index (Phi) is 5.21. The van der Waals surface area contributed by atoms with Gasteiger partial charge in [0, 0.05) is 23.7 Å². The van der Waals surface area contributed by atoms with Gasteiger partial charge < -0.3 is 14.6 Å². The monoisotopic (exact) mass is 347 g/mol. The standard InChI is InChI=1S/C18H22ClN3O2/c1-3-24-12(2)18(23)22-10-6-9-16(22)17-20-11-15(21-17)13-7-4-5-8-14(13)19/h4-5,7-8,11-12,16H,3,6,9-10H2,1-2H3,(H,20,21)/t12-,16-/m0/s1.